The fraction of sp³-hybridized carbons (Fsp3) is 0.389. The molecule has 0 unspecified atom stereocenters. The Balaban J connectivity index is 1.93. The number of hydrogen-bond donors (Lipinski definition) is 2. The van der Waals surface area contributed by atoms with Crippen LogP contribution in [-0.2, 0) is 4.74 Å². The van der Waals surface area contributed by atoms with Crippen LogP contribution in [0.5, 0.6) is 0 Å². The van der Waals surface area contributed by atoms with Gasteiger partial charge in [-0.25, -0.2) is 4.79 Å². The van der Waals surface area contributed by atoms with E-state index in [0.717, 1.165) is 11.1 Å². The molecule has 7 nitrogen and oxygen atoms in total. The highest BCUT2D eigenvalue weighted by molar-refractivity contribution is 5.94. The Bertz CT molecular complexity index is 844. The predicted molar refractivity (Wildman–Crippen MR) is 90.3 cm³/mol. The van der Waals surface area contributed by atoms with Crippen LogP contribution < -0.4 is 5.69 Å². The number of aromatic nitrogens is 2. The van der Waals surface area contributed by atoms with Crippen LogP contribution in [0.3, 0.4) is 0 Å². The Morgan fingerprint density at radius 3 is 2.60 bits per heavy atom. The average Bonchev–Trinajstić information content (AvgIpc) is 2.97. The van der Waals surface area contributed by atoms with Crippen molar-refractivity contribution in [2.75, 3.05) is 6.61 Å². The summed E-state index contributed by atoms with van der Waals surface area (Å²) in [5.74, 6) is -0.0259. The van der Waals surface area contributed by atoms with Crippen LogP contribution in [0, 0.1) is 6.92 Å². The third-order valence-electron chi connectivity index (χ3n) is 4.39. The number of ketones is 1. The van der Waals surface area contributed by atoms with Crippen molar-refractivity contribution in [1.29, 1.82) is 0 Å². The maximum Gasteiger partial charge on any atom is 0.350 e. The molecule has 2 N–H and O–H groups in total. The monoisotopic (exact) mass is 344 g/mol. The van der Waals surface area contributed by atoms with Gasteiger partial charge in [-0.05, 0) is 19.4 Å². The van der Waals surface area contributed by atoms with Gasteiger partial charge < -0.3 is 14.9 Å². The normalized spacial score (nSPS) is 23.0. The highest BCUT2D eigenvalue weighted by Gasteiger charge is 2.35. The number of nitrogens with zero attached hydrogens (tertiary/aromatic N) is 2. The van der Waals surface area contributed by atoms with Gasteiger partial charge in [0.05, 0.1) is 18.4 Å². The lowest BCUT2D eigenvalue weighted by Gasteiger charge is -2.16. The Morgan fingerprint density at radius 1 is 1.36 bits per heavy atom. The summed E-state index contributed by atoms with van der Waals surface area (Å²) in [5.41, 5.74) is 2.15. The van der Waals surface area contributed by atoms with E-state index in [9.17, 15) is 14.7 Å². The number of benzene rings is 1. The van der Waals surface area contributed by atoms with Crippen molar-refractivity contribution in [2.24, 2.45) is 0 Å². The average molecular weight is 344 g/mol. The summed E-state index contributed by atoms with van der Waals surface area (Å²) >= 11 is 0. The van der Waals surface area contributed by atoms with E-state index in [0.29, 0.717) is 11.3 Å². The molecule has 0 aliphatic carbocycles. The molecule has 1 saturated heterocycles. The number of carbonyl (C=O) groups excluding carboxylic acids is 1. The van der Waals surface area contributed by atoms with Crippen LogP contribution in [0.4, 0.5) is 0 Å². The zero-order valence-corrected chi connectivity index (χ0v) is 14.0. The van der Waals surface area contributed by atoms with Crippen LogP contribution in [0.25, 0.3) is 11.3 Å². The van der Waals surface area contributed by atoms with E-state index >= 15 is 0 Å². The van der Waals surface area contributed by atoms with Crippen LogP contribution >= 0.6 is 0 Å². The molecule has 1 aromatic heterocycles. The second kappa shape index (κ2) is 6.87. The third-order valence-corrected chi connectivity index (χ3v) is 4.39. The van der Waals surface area contributed by atoms with Gasteiger partial charge in [0.25, 0.3) is 0 Å². The molecule has 0 bridgehead atoms. The Kier molecular flexibility index (Phi) is 4.80. The van der Waals surface area contributed by atoms with Gasteiger partial charge in [0.15, 0.2) is 5.78 Å². The number of carbonyl (C=O) groups is 1. The number of aliphatic hydroxyl groups is 2. The molecular weight excluding hydrogens is 324 g/mol. The largest absolute Gasteiger partial charge is 0.394 e. The van der Waals surface area contributed by atoms with Crippen molar-refractivity contribution in [3.05, 3.63) is 52.1 Å². The summed E-state index contributed by atoms with van der Waals surface area (Å²) in [6.07, 6.45) is -0.309. The second-order valence-electron chi connectivity index (χ2n) is 6.21. The lowest BCUT2D eigenvalue weighted by molar-refractivity contribution is -0.0459. The van der Waals surface area contributed by atoms with E-state index in [1.54, 1.807) is 30.5 Å². The zero-order chi connectivity index (χ0) is 18.1. The number of ether oxygens (including phenoxy) is 1. The Labute approximate surface area is 144 Å². The first-order chi connectivity index (χ1) is 11.9. The number of Topliss-reactive ketones (excluding diaryl/α,β-unsaturated/α-hetero) is 1. The highest BCUT2D eigenvalue weighted by atomic mass is 16.5. The summed E-state index contributed by atoms with van der Waals surface area (Å²) in [4.78, 5) is 27.9. The SMILES string of the molecule is CC(=O)c1ccc(-c2nc(=O)n([C@H]3C[C@H](O)[C@@H](CO)O3)cc2C)cc1. The lowest BCUT2D eigenvalue weighted by atomic mass is 10.0. The highest BCUT2D eigenvalue weighted by Crippen LogP contribution is 2.28. The zero-order valence-electron chi connectivity index (χ0n) is 14.0. The fourth-order valence-electron chi connectivity index (χ4n) is 2.98. The van der Waals surface area contributed by atoms with Gasteiger partial charge in [-0.2, -0.15) is 4.98 Å². The quantitative estimate of drug-likeness (QED) is 0.804. The standard InChI is InChI=1S/C18H20N2O5/c1-10-8-20(16-7-14(23)15(9-21)25-16)18(24)19-17(10)13-5-3-12(4-6-13)11(2)22/h3-6,8,14-16,21,23H,7,9H2,1-2H3/t14-,15+,16+/m0/s1. The molecule has 2 aromatic rings. The first-order valence-corrected chi connectivity index (χ1v) is 8.06. The van der Waals surface area contributed by atoms with Gasteiger partial charge in [0, 0.05) is 23.7 Å². The smallest absolute Gasteiger partial charge is 0.350 e. The molecule has 1 aliphatic rings. The van der Waals surface area contributed by atoms with Crippen molar-refractivity contribution in [3.63, 3.8) is 0 Å². The van der Waals surface area contributed by atoms with E-state index in [1.165, 1.54) is 11.5 Å². The maximum absolute atomic E-state index is 12.4. The minimum Gasteiger partial charge on any atom is -0.394 e. The molecule has 3 atom stereocenters. The van der Waals surface area contributed by atoms with Crippen LogP contribution in [-0.4, -0.2) is 44.4 Å². The minimum atomic E-state index is -0.819. The van der Waals surface area contributed by atoms with Gasteiger partial charge in [-0.3, -0.25) is 9.36 Å². The van der Waals surface area contributed by atoms with Gasteiger partial charge in [-0.15, -0.1) is 0 Å². The van der Waals surface area contributed by atoms with Gasteiger partial charge in [-0.1, -0.05) is 24.3 Å². The Hall–Kier alpha value is -2.35. The van der Waals surface area contributed by atoms with E-state index in [-0.39, 0.29) is 18.8 Å². The molecule has 132 valence electrons. The molecule has 2 heterocycles. The van der Waals surface area contributed by atoms with E-state index in [1.807, 2.05) is 6.92 Å². The molecule has 1 aromatic carbocycles. The maximum atomic E-state index is 12.4. The number of aryl methyl sites for hydroxylation is 1. The van der Waals surface area contributed by atoms with Gasteiger partial charge in [0.1, 0.15) is 12.3 Å². The number of hydrogen-bond acceptors (Lipinski definition) is 6. The second-order valence-corrected chi connectivity index (χ2v) is 6.21. The molecular formula is C18H20N2O5. The van der Waals surface area contributed by atoms with Gasteiger partial charge >= 0.3 is 5.69 Å². The molecule has 0 saturated carbocycles. The molecule has 0 radical (unpaired) electrons. The van der Waals surface area contributed by atoms with Crippen LogP contribution in [0.1, 0.15) is 35.5 Å². The first kappa shape index (κ1) is 17.5. The molecule has 25 heavy (non-hydrogen) atoms. The van der Waals surface area contributed by atoms with E-state index < -0.39 is 24.1 Å². The summed E-state index contributed by atoms with van der Waals surface area (Å²) in [6.45, 7) is 3.01. The predicted octanol–water partition coefficient (Wildman–Crippen LogP) is 1.06. The Morgan fingerprint density at radius 2 is 2.04 bits per heavy atom. The molecule has 3 rings (SSSR count). The van der Waals surface area contributed by atoms with Crippen molar-refractivity contribution >= 4 is 5.78 Å². The molecule has 1 aliphatic heterocycles. The van der Waals surface area contributed by atoms with Gasteiger partial charge in [0.2, 0.25) is 0 Å². The minimum absolute atomic E-state index is 0.0259. The van der Waals surface area contributed by atoms with E-state index in [2.05, 4.69) is 4.98 Å². The van der Waals surface area contributed by atoms with Crippen LogP contribution in [0.15, 0.2) is 35.3 Å². The molecule has 7 heteroatoms. The number of rotatable bonds is 4. The lowest BCUT2D eigenvalue weighted by Crippen LogP contribution is -2.28. The third kappa shape index (κ3) is 3.39. The van der Waals surface area contributed by atoms with Crippen molar-refractivity contribution in [2.45, 2.75) is 38.7 Å². The van der Waals surface area contributed by atoms with Crippen molar-refractivity contribution in [3.8, 4) is 11.3 Å². The topological polar surface area (TPSA) is 102 Å². The first-order valence-electron chi connectivity index (χ1n) is 8.06. The van der Waals surface area contributed by atoms with Crippen LogP contribution in [0.2, 0.25) is 0 Å². The molecule has 1 fully saturated rings. The van der Waals surface area contributed by atoms with Crippen molar-refractivity contribution < 1.29 is 19.7 Å². The fourth-order valence-corrected chi connectivity index (χ4v) is 2.98. The summed E-state index contributed by atoms with van der Waals surface area (Å²) in [5, 5.41) is 19.0. The summed E-state index contributed by atoms with van der Waals surface area (Å²) < 4.78 is 6.85. The summed E-state index contributed by atoms with van der Waals surface area (Å²) in [7, 11) is 0. The summed E-state index contributed by atoms with van der Waals surface area (Å²) in [6, 6.07) is 6.92. The number of aliphatic hydroxyl groups excluding tert-OH is 2. The van der Waals surface area contributed by atoms with E-state index in [4.69, 9.17) is 9.84 Å². The van der Waals surface area contributed by atoms with Crippen molar-refractivity contribution in [1.82, 2.24) is 9.55 Å². The molecule has 0 amide bonds. The molecule has 0 spiro atoms.